The normalized spacial score (nSPS) is 23.1. The molecule has 0 amide bonds. The second-order valence-corrected chi connectivity index (χ2v) is 5.99. The van der Waals surface area contributed by atoms with Crippen LogP contribution in [0.1, 0.15) is 28.7 Å². The van der Waals surface area contributed by atoms with Gasteiger partial charge in [-0.1, -0.05) is 48.5 Å². The SMILES string of the molecule is O[C@@H]1CCc2ccccc2C12Cc1ccccc1C2. The fourth-order valence-electron chi connectivity index (χ4n) is 4.04. The zero-order valence-electron chi connectivity index (χ0n) is 11.0. The molecule has 1 nitrogen and oxygen atoms in total. The minimum absolute atomic E-state index is 0.0709. The standard InChI is InChI=1S/C18H18O/c19-17-10-9-13-5-3-4-8-16(13)18(17)11-14-6-1-2-7-15(14)12-18/h1-8,17,19H,9-12H2/t17-/m1/s1. The predicted octanol–water partition coefficient (Wildman–Crippen LogP) is 3.03. The van der Waals surface area contributed by atoms with E-state index in [9.17, 15) is 5.11 Å². The first-order valence-electron chi connectivity index (χ1n) is 7.13. The van der Waals surface area contributed by atoms with Crippen molar-refractivity contribution in [2.75, 3.05) is 0 Å². The van der Waals surface area contributed by atoms with Crippen molar-refractivity contribution in [1.82, 2.24) is 0 Å². The van der Waals surface area contributed by atoms with Gasteiger partial charge < -0.3 is 5.11 Å². The van der Waals surface area contributed by atoms with Crippen molar-refractivity contribution in [1.29, 1.82) is 0 Å². The molecule has 19 heavy (non-hydrogen) atoms. The summed E-state index contributed by atoms with van der Waals surface area (Å²) in [7, 11) is 0. The van der Waals surface area contributed by atoms with Gasteiger partial charge in [-0.05, 0) is 47.9 Å². The molecule has 1 spiro atoms. The number of aryl methyl sites for hydroxylation is 1. The number of hydrogen-bond acceptors (Lipinski definition) is 1. The molecule has 0 saturated heterocycles. The van der Waals surface area contributed by atoms with E-state index in [2.05, 4.69) is 48.5 Å². The summed E-state index contributed by atoms with van der Waals surface area (Å²) in [5.41, 5.74) is 5.57. The Balaban J connectivity index is 1.88. The second-order valence-electron chi connectivity index (χ2n) is 5.99. The van der Waals surface area contributed by atoms with Gasteiger partial charge in [0.15, 0.2) is 0 Å². The molecule has 0 radical (unpaired) electrons. The van der Waals surface area contributed by atoms with Gasteiger partial charge in [0.05, 0.1) is 6.10 Å². The molecule has 2 aliphatic rings. The summed E-state index contributed by atoms with van der Waals surface area (Å²) in [5, 5.41) is 10.7. The number of fused-ring (bicyclic) bond motifs is 3. The van der Waals surface area contributed by atoms with Crippen molar-refractivity contribution in [3.63, 3.8) is 0 Å². The van der Waals surface area contributed by atoms with Crippen LogP contribution in [0.3, 0.4) is 0 Å². The Bertz CT molecular complexity index is 604. The van der Waals surface area contributed by atoms with E-state index in [1.54, 1.807) is 0 Å². The molecule has 1 N–H and O–H groups in total. The number of benzene rings is 2. The Hall–Kier alpha value is -1.60. The largest absolute Gasteiger partial charge is 0.392 e. The number of aliphatic hydroxyl groups excluding tert-OH is 1. The Morgan fingerprint density at radius 1 is 0.842 bits per heavy atom. The van der Waals surface area contributed by atoms with Crippen molar-refractivity contribution >= 4 is 0 Å². The van der Waals surface area contributed by atoms with Gasteiger partial charge in [-0.15, -0.1) is 0 Å². The molecule has 0 fully saturated rings. The van der Waals surface area contributed by atoms with E-state index in [0.29, 0.717) is 0 Å². The van der Waals surface area contributed by atoms with Gasteiger partial charge in [0.1, 0.15) is 0 Å². The maximum atomic E-state index is 10.7. The van der Waals surface area contributed by atoms with Gasteiger partial charge in [0.2, 0.25) is 0 Å². The maximum Gasteiger partial charge on any atom is 0.0646 e. The number of rotatable bonds is 0. The average Bonchev–Trinajstić information content (AvgIpc) is 2.84. The molecule has 0 unspecified atom stereocenters. The lowest BCUT2D eigenvalue weighted by Gasteiger charge is -2.40. The molecule has 1 heteroatoms. The maximum absolute atomic E-state index is 10.7. The van der Waals surface area contributed by atoms with E-state index in [0.717, 1.165) is 25.7 Å². The topological polar surface area (TPSA) is 20.2 Å². The van der Waals surface area contributed by atoms with E-state index in [1.807, 2.05) is 0 Å². The van der Waals surface area contributed by atoms with Crippen molar-refractivity contribution < 1.29 is 5.11 Å². The summed E-state index contributed by atoms with van der Waals surface area (Å²) in [6.45, 7) is 0. The van der Waals surface area contributed by atoms with E-state index in [4.69, 9.17) is 0 Å². The first-order chi connectivity index (χ1) is 9.29. The van der Waals surface area contributed by atoms with Crippen LogP contribution >= 0.6 is 0 Å². The molecule has 2 aromatic rings. The van der Waals surface area contributed by atoms with Crippen molar-refractivity contribution in [3.8, 4) is 0 Å². The van der Waals surface area contributed by atoms with Crippen LogP contribution in [0.25, 0.3) is 0 Å². The van der Waals surface area contributed by atoms with E-state index in [1.165, 1.54) is 22.3 Å². The van der Waals surface area contributed by atoms with Crippen LogP contribution in [0.4, 0.5) is 0 Å². The van der Waals surface area contributed by atoms with Gasteiger partial charge >= 0.3 is 0 Å². The molecule has 0 aliphatic heterocycles. The molecule has 2 aromatic carbocycles. The highest BCUT2D eigenvalue weighted by molar-refractivity contribution is 5.47. The zero-order valence-corrected chi connectivity index (χ0v) is 11.0. The molecule has 2 aliphatic carbocycles. The van der Waals surface area contributed by atoms with Crippen molar-refractivity contribution in [3.05, 3.63) is 70.8 Å². The molecule has 0 bridgehead atoms. The summed E-state index contributed by atoms with van der Waals surface area (Å²) in [6, 6.07) is 17.3. The Labute approximate surface area is 113 Å². The fraction of sp³-hybridized carbons (Fsp3) is 0.333. The van der Waals surface area contributed by atoms with E-state index < -0.39 is 0 Å². The molecule has 0 saturated carbocycles. The summed E-state index contributed by atoms with van der Waals surface area (Å²) in [6.07, 6.45) is 3.66. The Morgan fingerprint density at radius 2 is 1.42 bits per heavy atom. The minimum atomic E-state index is -0.213. The van der Waals surface area contributed by atoms with Gasteiger partial charge in [-0.2, -0.15) is 0 Å². The first-order valence-corrected chi connectivity index (χ1v) is 7.13. The predicted molar refractivity (Wildman–Crippen MR) is 76.3 cm³/mol. The second kappa shape index (κ2) is 3.94. The van der Waals surface area contributed by atoms with E-state index >= 15 is 0 Å². The number of hydrogen-bond donors (Lipinski definition) is 1. The van der Waals surface area contributed by atoms with Gasteiger partial charge in [-0.25, -0.2) is 0 Å². The minimum Gasteiger partial charge on any atom is -0.392 e. The highest BCUT2D eigenvalue weighted by Crippen LogP contribution is 2.47. The summed E-state index contributed by atoms with van der Waals surface area (Å²) in [4.78, 5) is 0. The highest BCUT2D eigenvalue weighted by atomic mass is 16.3. The summed E-state index contributed by atoms with van der Waals surface area (Å²) < 4.78 is 0. The first kappa shape index (κ1) is 11.2. The van der Waals surface area contributed by atoms with Crippen molar-refractivity contribution in [2.45, 2.75) is 37.2 Å². The van der Waals surface area contributed by atoms with Crippen LogP contribution in [-0.4, -0.2) is 11.2 Å². The van der Waals surface area contributed by atoms with Crippen LogP contribution in [0.15, 0.2) is 48.5 Å². The van der Waals surface area contributed by atoms with E-state index in [-0.39, 0.29) is 11.5 Å². The molecule has 1 atom stereocenters. The van der Waals surface area contributed by atoms with Crippen LogP contribution in [0, 0.1) is 0 Å². The third kappa shape index (κ3) is 1.51. The van der Waals surface area contributed by atoms with Crippen molar-refractivity contribution in [2.24, 2.45) is 0 Å². The summed E-state index contributed by atoms with van der Waals surface area (Å²) >= 11 is 0. The third-order valence-electron chi connectivity index (χ3n) is 5.01. The average molecular weight is 250 g/mol. The molecular formula is C18H18O. The zero-order chi connectivity index (χ0) is 12.9. The quantitative estimate of drug-likeness (QED) is 0.762. The fourth-order valence-corrected chi connectivity index (χ4v) is 4.04. The highest BCUT2D eigenvalue weighted by Gasteiger charge is 2.47. The third-order valence-corrected chi connectivity index (χ3v) is 5.01. The molecule has 0 heterocycles. The van der Waals surface area contributed by atoms with Gasteiger partial charge in [0.25, 0.3) is 0 Å². The lowest BCUT2D eigenvalue weighted by Crippen LogP contribution is -2.44. The Kier molecular flexibility index (Phi) is 2.33. The number of aliphatic hydroxyl groups is 1. The van der Waals surface area contributed by atoms with Gasteiger partial charge in [-0.3, -0.25) is 0 Å². The van der Waals surface area contributed by atoms with Crippen LogP contribution in [0.5, 0.6) is 0 Å². The lowest BCUT2D eigenvalue weighted by molar-refractivity contribution is 0.0681. The molecule has 0 aromatic heterocycles. The summed E-state index contributed by atoms with van der Waals surface area (Å²) in [5.74, 6) is 0. The van der Waals surface area contributed by atoms with Crippen LogP contribution < -0.4 is 0 Å². The molecule has 96 valence electrons. The van der Waals surface area contributed by atoms with Crippen LogP contribution in [0.2, 0.25) is 0 Å². The monoisotopic (exact) mass is 250 g/mol. The van der Waals surface area contributed by atoms with Crippen LogP contribution in [-0.2, 0) is 24.7 Å². The lowest BCUT2D eigenvalue weighted by atomic mass is 9.66. The Morgan fingerprint density at radius 3 is 2.11 bits per heavy atom. The smallest absolute Gasteiger partial charge is 0.0646 e. The molecule has 4 rings (SSSR count). The molecular weight excluding hydrogens is 232 g/mol. The van der Waals surface area contributed by atoms with Gasteiger partial charge in [0, 0.05) is 5.41 Å².